The first-order chi connectivity index (χ1) is 7.99. The van der Waals surface area contributed by atoms with Gasteiger partial charge in [0.2, 0.25) is 5.91 Å². The Labute approximate surface area is 105 Å². The first kappa shape index (κ1) is 13.9. The molecular formula is C12H16ClFN2O. The highest BCUT2D eigenvalue weighted by Gasteiger charge is 2.05. The summed E-state index contributed by atoms with van der Waals surface area (Å²) >= 11 is 5.86. The molecule has 0 aliphatic rings. The summed E-state index contributed by atoms with van der Waals surface area (Å²) in [7, 11) is 0. The molecule has 1 rings (SSSR count). The number of rotatable bonds is 5. The van der Waals surface area contributed by atoms with E-state index in [0.717, 1.165) is 5.56 Å². The van der Waals surface area contributed by atoms with Crippen LogP contribution in [0, 0.1) is 5.82 Å². The number of hydrogen-bond donors (Lipinski definition) is 2. The highest BCUT2D eigenvalue weighted by atomic mass is 35.5. The third-order valence-corrected chi connectivity index (χ3v) is 2.59. The predicted octanol–water partition coefficient (Wildman–Crippen LogP) is 1.88. The SMILES string of the molecule is CC(N)CC(=O)NCCc1ccc(F)cc1Cl. The summed E-state index contributed by atoms with van der Waals surface area (Å²) in [5, 5.41) is 3.11. The van der Waals surface area contributed by atoms with E-state index >= 15 is 0 Å². The topological polar surface area (TPSA) is 55.1 Å². The van der Waals surface area contributed by atoms with Crippen LogP contribution in [0.3, 0.4) is 0 Å². The summed E-state index contributed by atoms with van der Waals surface area (Å²) in [4.78, 5) is 11.3. The van der Waals surface area contributed by atoms with E-state index in [9.17, 15) is 9.18 Å². The van der Waals surface area contributed by atoms with Crippen LogP contribution in [0.15, 0.2) is 18.2 Å². The molecule has 0 saturated heterocycles. The molecular weight excluding hydrogens is 243 g/mol. The molecule has 1 amide bonds. The van der Waals surface area contributed by atoms with Gasteiger partial charge in [-0.3, -0.25) is 4.79 Å². The van der Waals surface area contributed by atoms with E-state index in [1.807, 2.05) is 0 Å². The largest absolute Gasteiger partial charge is 0.356 e. The van der Waals surface area contributed by atoms with Gasteiger partial charge in [-0.15, -0.1) is 0 Å². The van der Waals surface area contributed by atoms with Crippen molar-refractivity contribution in [1.82, 2.24) is 5.32 Å². The van der Waals surface area contributed by atoms with Gasteiger partial charge in [0.25, 0.3) is 0 Å². The molecule has 0 spiro atoms. The Balaban J connectivity index is 2.38. The van der Waals surface area contributed by atoms with Crippen LogP contribution in [0.1, 0.15) is 18.9 Å². The van der Waals surface area contributed by atoms with Gasteiger partial charge in [-0.25, -0.2) is 4.39 Å². The molecule has 0 bridgehead atoms. The molecule has 0 fully saturated rings. The van der Waals surface area contributed by atoms with Crippen molar-refractivity contribution in [3.8, 4) is 0 Å². The second-order valence-electron chi connectivity index (χ2n) is 4.02. The molecule has 5 heteroatoms. The zero-order valence-electron chi connectivity index (χ0n) is 9.67. The molecule has 17 heavy (non-hydrogen) atoms. The molecule has 0 radical (unpaired) electrons. The molecule has 0 aliphatic carbocycles. The fourth-order valence-corrected chi connectivity index (χ4v) is 1.69. The summed E-state index contributed by atoms with van der Waals surface area (Å²) in [6.07, 6.45) is 0.876. The smallest absolute Gasteiger partial charge is 0.221 e. The van der Waals surface area contributed by atoms with Crippen molar-refractivity contribution in [2.75, 3.05) is 6.54 Å². The van der Waals surface area contributed by atoms with Crippen LogP contribution in [0.5, 0.6) is 0 Å². The lowest BCUT2D eigenvalue weighted by Crippen LogP contribution is -2.31. The van der Waals surface area contributed by atoms with Gasteiger partial charge in [0.05, 0.1) is 0 Å². The van der Waals surface area contributed by atoms with Gasteiger partial charge in [-0.05, 0) is 31.0 Å². The number of nitrogens with one attached hydrogen (secondary N) is 1. The Morgan fingerprint density at radius 3 is 2.88 bits per heavy atom. The van der Waals surface area contributed by atoms with Gasteiger partial charge >= 0.3 is 0 Å². The summed E-state index contributed by atoms with van der Waals surface area (Å²) in [5.41, 5.74) is 6.31. The second-order valence-corrected chi connectivity index (χ2v) is 4.42. The fraction of sp³-hybridized carbons (Fsp3) is 0.417. The zero-order valence-corrected chi connectivity index (χ0v) is 10.4. The van der Waals surface area contributed by atoms with Gasteiger partial charge in [0, 0.05) is 24.0 Å². The van der Waals surface area contributed by atoms with Gasteiger partial charge in [0.15, 0.2) is 0 Å². The highest BCUT2D eigenvalue weighted by molar-refractivity contribution is 6.31. The maximum absolute atomic E-state index is 12.8. The van der Waals surface area contributed by atoms with E-state index in [1.165, 1.54) is 12.1 Å². The zero-order chi connectivity index (χ0) is 12.8. The summed E-state index contributed by atoms with van der Waals surface area (Å²) in [6, 6.07) is 4.09. The average Bonchev–Trinajstić information content (AvgIpc) is 2.20. The van der Waals surface area contributed by atoms with E-state index in [2.05, 4.69) is 5.32 Å². The first-order valence-electron chi connectivity index (χ1n) is 5.45. The number of hydrogen-bond acceptors (Lipinski definition) is 2. The van der Waals surface area contributed by atoms with Crippen molar-refractivity contribution >= 4 is 17.5 Å². The fourth-order valence-electron chi connectivity index (χ4n) is 1.43. The van der Waals surface area contributed by atoms with E-state index in [0.29, 0.717) is 24.4 Å². The van der Waals surface area contributed by atoms with E-state index < -0.39 is 0 Å². The van der Waals surface area contributed by atoms with Crippen LogP contribution in [0.4, 0.5) is 4.39 Å². The lowest BCUT2D eigenvalue weighted by atomic mass is 10.1. The molecule has 1 aromatic carbocycles. The molecule has 0 heterocycles. The maximum Gasteiger partial charge on any atom is 0.221 e. The van der Waals surface area contributed by atoms with Gasteiger partial charge < -0.3 is 11.1 Å². The highest BCUT2D eigenvalue weighted by Crippen LogP contribution is 2.17. The number of carbonyl (C=O) groups is 1. The number of benzene rings is 1. The summed E-state index contributed by atoms with van der Waals surface area (Å²) in [6.45, 7) is 2.24. The van der Waals surface area contributed by atoms with Crippen LogP contribution in [0.25, 0.3) is 0 Å². The van der Waals surface area contributed by atoms with E-state index in [4.69, 9.17) is 17.3 Å². The third-order valence-electron chi connectivity index (χ3n) is 2.24. The van der Waals surface area contributed by atoms with Crippen molar-refractivity contribution < 1.29 is 9.18 Å². The molecule has 94 valence electrons. The van der Waals surface area contributed by atoms with Gasteiger partial charge in [-0.1, -0.05) is 17.7 Å². The van der Waals surface area contributed by atoms with Crippen molar-refractivity contribution in [2.24, 2.45) is 5.73 Å². The van der Waals surface area contributed by atoms with Gasteiger partial charge in [-0.2, -0.15) is 0 Å². The Morgan fingerprint density at radius 1 is 1.59 bits per heavy atom. The van der Waals surface area contributed by atoms with Crippen LogP contribution >= 0.6 is 11.6 Å². The van der Waals surface area contributed by atoms with Crippen molar-refractivity contribution in [2.45, 2.75) is 25.8 Å². The molecule has 3 N–H and O–H groups in total. The Kier molecular flexibility index (Phi) is 5.38. The normalized spacial score (nSPS) is 12.2. The number of halogens is 2. The minimum atomic E-state index is -0.361. The Bertz CT molecular complexity index is 396. The Hall–Kier alpha value is -1.13. The molecule has 1 aromatic rings. The third kappa shape index (κ3) is 5.15. The second kappa shape index (κ2) is 6.57. The number of nitrogens with two attached hydrogens (primary N) is 1. The molecule has 0 aliphatic heterocycles. The first-order valence-corrected chi connectivity index (χ1v) is 5.83. The predicted molar refractivity (Wildman–Crippen MR) is 66.4 cm³/mol. The van der Waals surface area contributed by atoms with Crippen molar-refractivity contribution in [3.05, 3.63) is 34.6 Å². The maximum atomic E-state index is 12.8. The molecule has 1 atom stereocenters. The minimum Gasteiger partial charge on any atom is -0.356 e. The van der Waals surface area contributed by atoms with Crippen LogP contribution < -0.4 is 11.1 Å². The standard InChI is InChI=1S/C12H16ClFN2O/c1-8(15)6-12(17)16-5-4-9-2-3-10(14)7-11(9)13/h2-3,7-8H,4-6,15H2,1H3,(H,16,17). The Morgan fingerprint density at radius 2 is 2.29 bits per heavy atom. The molecule has 3 nitrogen and oxygen atoms in total. The molecule has 0 aromatic heterocycles. The monoisotopic (exact) mass is 258 g/mol. The van der Waals surface area contributed by atoms with Crippen LogP contribution in [-0.2, 0) is 11.2 Å². The summed E-state index contributed by atoms with van der Waals surface area (Å²) < 4.78 is 12.8. The quantitative estimate of drug-likeness (QED) is 0.847. The number of amides is 1. The minimum absolute atomic E-state index is 0.0850. The van der Waals surface area contributed by atoms with Crippen molar-refractivity contribution in [1.29, 1.82) is 0 Å². The lowest BCUT2D eigenvalue weighted by molar-refractivity contribution is -0.121. The van der Waals surface area contributed by atoms with E-state index in [1.54, 1.807) is 13.0 Å². The number of carbonyl (C=O) groups excluding carboxylic acids is 1. The van der Waals surface area contributed by atoms with Crippen molar-refractivity contribution in [3.63, 3.8) is 0 Å². The van der Waals surface area contributed by atoms with Crippen LogP contribution in [0.2, 0.25) is 5.02 Å². The molecule has 1 unspecified atom stereocenters. The van der Waals surface area contributed by atoms with E-state index in [-0.39, 0.29) is 17.8 Å². The molecule has 0 saturated carbocycles. The summed E-state index contributed by atoms with van der Waals surface area (Å²) in [5.74, 6) is -0.446. The average molecular weight is 259 g/mol. The van der Waals surface area contributed by atoms with Gasteiger partial charge in [0.1, 0.15) is 5.82 Å². The van der Waals surface area contributed by atoms with Crippen LogP contribution in [-0.4, -0.2) is 18.5 Å². The lowest BCUT2D eigenvalue weighted by Gasteiger charge is -2.08.